The van der Waals surface area contributed by atoms with Crippen molar-refractivity contribution in [3.8, 4) is 10.4 Å². The fourth-order valence-electron chi connectivity index (χ4n) is 2.89. The first-order valence-corrected chi connectivity index (χ1v) is 10.0. The molecule has 0 atom stereocenters. The zero-order chi connectivity index (χ0) is 17.9. The number of thiophene rings is 1. The fraction of sp³-hybridized carbons (Fsp3) is 0.278. The number of rotatable bonds is 5. The van der Waals surface area contributed by atoms with E-state index in [1.165, 1.54) is 23.8 Å². The Kier molecular flexibility index (Phi) is 5.05. The highest BCUT2D eigenvalue weighted by molar-refractivity contribution is 8.00. The van der Waals surface area contributed by atoms with E-state index in [2.05, 4.69) is 39.1 Å². The van der Waals surface area contributed by atoms with Gasteiger partial charge >= 0.3 is 5.97 Å². The lowest BCUT2D eigenvalue weighted by Gasteiger charge is -2.29. The lowest BCUT2D eigenvalue weighted by atomic mass is 10.1. The smallest absolute Gasteiger partial charge is 0.313 e. The number of carboxylic acids is 1. The minimum absolute atomic E-state index is 0.00807. The topological polar surface area (TPSA) is 75.5 Å². The Morgan fingerprint density at radius 2 is 2.12 bits per heavy atom. The van der Waals surface area contributed by atoms with Crippen LogP contribution in [-0.4, -0.2) is 53.1 Å². The molecule has 6 nitrogen and oxygen atoms in total. The van der Waals surface area contributed by atoms with E-state index in [0.29, 0.717) is 0 Å². The van der Waals surface area contributed by atoms with Crippen LogP contribution >= 0.6 is 23.1 Å². The number of hydrogen-bond acceptors (Lipinski definition) is 7. The summed E-state index contributed by atoms with van der Waals surface area (Å²) in [5.41, 5.74) is 3.17. The molecular weight excluding hydrogens is 370 g/mol. The molecule has 8 heteroatoms. The van der Waals surface area contributed by atoms with E-state index in [1.54, 1.807) is 11.3 Å². The van der Waals surface area contributed by atoms with Crippen LogP contribution in [0.25, 0.3) is 20.7 Å². The van der Waals surface area contributed by atoms with Crippen LogP contribution in [-0.2, 0) is 9.53 Å². The molecule has 0 radical (unpaired) electrons. The molecule has 1 aliphatic heterocycles. The predicted octanol–water partition coefficient (Wildman–Crippen LogP) is 3.37. The first kappa shape index (κ1) is 17.3. The summed E-state index contributed by atoms with van der Waals surface area (Å²) in [7, 11) is 0. The third-order valence-corrected chi connectivity index (χ3v) is 6.40. The number of hydrogen-bond donors (Lipinski definition) is 1. The van der Waals surface area contributed by atoms with Crippen molar-refractivity contribution in [2.75, 3.05) is 37.0 Å². The number of nitrogens with zero attached hydrogens (tertiary/aromatic N) is 3. The van der Waals surface area contributed by atoms with Crippen LogP contribution in [0.5, 0.6) is 0 Å². The highest BCUT2D eigenvalue weighted by Gasteiger charge is 2.14. The van der Waals surface area contributed by atoms with E-state index in [-0.39, 0.29) is 5.75 Å². The molecule has 2 aromatic heterocycles. The molecule has 3 heterocycles. The SMILES string of the molecule is O=C(O)CSc1ncnc2cc(-c3cccc(N4CCOCC4)c3)sc12. The summed E-state index contributed by atoms with van der Waals surface area (Å²) in [5, 5.41) is 9.63. The van der Waals surface area contributed by atoms with Crippen molar-refractivity contribution in [3.63, 3.8) is 0 Å². The third-order valence-electron chi connectivity index (χ3n) is 4.12. The van der Waals surface area contributed by atoms with Gasteiger partial charge in [-0.25, -0.2) is 9.97 Å². The number of aliphatic carboxylic acids is 1. The Hall–Kier alpha value is -2.16. The van der Waals surface area contributed by atoms with Gasteiger partial charge in [0.2, 0.25) is 0 Å². The zero-order valence-corrected chi connectivity index (χ0v) is 15.6. The molecule has 1 N–H and O–H groups in total. The maximum Gasteiger partial charge on any atom is 0.313 e. The molecule has 3 aromatic rings. The van der Waals surface area contributed by atoms with Gasteiger partial charge in [-0.3, -0.25) is 4.79 Å². The van der Waals surface area contributed by atoms with Gasteiger partial charge < -0.3 is 14.7 Å². The number of benzene rings is 1. The zero-order valence-electron chi connectivity index (χ0n) is 13.9. The van der Waals surface area contributed by atoms with Gasteiger partial charge in [0, 0.05) is 23.7 Å². The monoisotopic (exact) mass is 387 g/mol. The van der Waals surface area contributed by atoms with Crippen LogP contribution in [0.4, 0.5) is 5.69 Å². The van der Waals surface area contributed by atoms with Gasteiger partial charge in [-0.1, -0.05) is 23.9 Å². The van der Waals surface area contributed by atoms with Crippen molar-refractivity contribution in [2.45, 2.75) is 5.03 Å². The quantitative estimate of drug-likeness (QED) is 0.531. The molecule has 26 heavy (non-hydrogen) atoms. The number of thioether (sulfide) groups is 1. The van der Waals surface area contributed by atoms with Crippen LogP contribution < -0.4 is 4.90 Å². The number of fused-ring (bicyclic) bond motifs is 1. The molecule has 0 amide bonds. The van der Waals surface area contributed by atoms with Crippen LogP contribution in [0.15, 0.2) is 41.7 Å². The van der Waals surface area contributed by atoms with E-state index in [0.717, 1.165) is 52.0 Å². The van der Waals surface area contributed by atoms with Crippen molar-refractivity contribution in [3.05, 3.63) is 36.7 Å². The number of anilines is 1. The Balaban J connectivity index is 1.66. The number of ether oxygens (including phenoxy) is 1. The Labute approximate surface area is 158 Å². The molecule has 1 aliphatic rings. The predicted molar refractivity (Wildman–Crippen MR) is 104 cm³/mol. The number of aromatic nitrogens is 2. The van der Waals surface area contributed by atoms with Crippen molar-refractivity contribution >= 4 is 45.0 Å². The first-order chi connectivity index (χ1) is 12.7. The second-order valence-electron chi connectivity index (χ2n) is 5.84. The summed E-state index contributed by atoms with van der Waals surface area (Å²) in [6, 6.07) is 10.5. The van der Waals surface area contributed by atoms with Crippen LogP contribution in [0, 0.1) is 0 Å². The van der Waals surface area contributed by atoms with Crippen molar-refractivity contribution in [1.82, 2.24) is 9.97 Å². The first-order valence-electron chi connectivity index (χ1n) is 8.23. The summed E-state index contributed by atoms with van der Waals surface area (Å²) in [6.45, 7) is 3.31. The third kappa shape index (κ3) is 3.67. The van der Waals surface area contributed by atoms with Crippen molar-refractivity contribution < 1.29 is 14.6 Å². The summed E-state index contributed by atoms with van der Waals surface area (Å²) >= 11 is 2.83. The van der Waals surface area contributed by atoms with Crippen molar-refractivity contribution in [1.29, 1.82) is 0 Å². The highest BCUT2D eigenvalue weighted by Crippen LogP contribution is 2.37. The van der Waals surface area contributed by atoms with Gasteiger partial charge in [0.1, 0.15) is 11.4 Å². The van der Waals surface area contributed by atoms with Gasteiger partial charge in [0.25, 0.3) is 0 Å². The van der Waals surface area contributed by atoms with Crippen LogP contribution in [0.1, 0.15) is 0 Å². The maximum absolute atomic E-state index is 10.8. The molecule has 0 spiro atoms. The molecule has 1 saturated heterocycles. The minimum atomic E-state index is -0.850. The van der Waals surface area contributed by atoms with Gasteiger partial charge in [0.15, 0.2) is 0 Å². The lowest BCUT2D eigenvalue weighted by Crippen LogP contribution is -2.36. The Morgan fingerprint density at radius 3 is 2.92 bits per heavy atom. The van der Waals surface area contributed by atoms with E-state index in [1.807, 2.05) is 6.07 Å². The molecule has 0 saturated carbocycles. The maximum atomic E-state index is 10.8. The van der Waals surface area contributed by atoms with Gasteiger partial charge in [-0.05, 0) is 23.8 Å². The second kappa shape index (κ2) is 7.61. The molecule has 1 fully saturated rings. The fourth-order valence-corrected chi connectivity index (χ4v) is 4.80. The van der Waals surface area contributed by atoms with Gasteiger partial charge in [-0.2, -0.15) is 0 Å². The lowest BCUT2D eigenvalue weighted by molar-refractivity contribution is -0.133. The van der Waals surface area contributed by atoms with E-state index in [9.17, 15) is 4.79 Å². The molecule has 134 valence electrons. The molecule has 1 aromatic carbocycles. The highest BCUT2D eigenvalue weighted by atomic mass is 32.2. The van der Waals surface area contributed by atoms with Crippen LogP contribution in [0.2, 0.25) is 0 Å². The second-order valence-corrected chi connectivity index (χ2v) is 7.85. The molecule has 0 bridgehead atoms. The largest absolute Gasteiger partial charge is 0.481 e. The van der Waals surface area contributed by atoms with E-state index < -0.39 is 5.97 Å². The molecular formula is C18H17N3O3S2. The van der Waals surface area contributed by atoms with E-state index in [4.69, 9.17) is 9.84 Å². The Morgan fingerprint density at radius 1 is 1.27 bits per heavy atom. The van der Waals surface area contributed by atoms with Crippen LogP contribution in [0.3, 0.4) is 0 Å². The molecule has 4 rings (SSSR count). The number of carboxylic acid groups (broad SMARTS) is 1. The summed E-state index contributed by atoms with van der Waals surface area (Å²) < 4.78 is 6.37. The van der Waals surface area contributed by atoms with E-state index >= 15 is 0 Å². The average molecular weight is 387 g/mol. The summed E-state index contributed by atoms with van der Waals surface area (Å²) in [6.07, 6.45) is 1.49. The van der Waals surface area contributed by atoms with Gasteiger partial charge in [0.05, 0.1) is 29.2 Å². The normalized spacial score (nSPS) is 14.7. The number of carbonyl (C=O) groups is 1. The molecule has 0 aliphatic carbocycles. The average Bonchev–Trinajstić information content (AvgIpc) is 3.12. The summed E-state index contributed by atoms with van der Waals surface area (Å²) in [4.78, 5) is 22.9. The number of morpholine rings is 1. The van der Waals surface area contributed by atoms with Crippen molar-refractivity contribution in [2.24, 2.45) is 0 Å². The standard InChI is InChI=1S/C18H17N3O3S2/c22-16(23)10-25-18-17-14(19-11-20-18)9-15(26-17)12-2-1-3-13(8-12)21-4-6-24-7-5-21/h1-3,8-9,11H,4-7,10H2,(H,22,23). The summed E-state index contributed by atoms with van der Waals surface area (Å²) in [5.74, 6) is -0.858. The minimum Gasteiger partial charge on any atom is -0.481 e. The van der Waals surface area contributed by atoms with Gasteiger partial charge in [-0.15, -0.1) is 11.3 Å². The Bertz CT molecular complexity index is 938. The molecule has 0 unspecified atom stereocenters.